The molecule has 2 aromatic rings. The predicted molar refractivity (Wildman–Crippen MR) is 76.6 cm³/mol. The van der Waals surface area contributed by atoms with Gasteiger partial charge < -0.3 is 4.74 Å². The number of fused-ring (bicyclic) bond motifs is 3. The third kappa shape index (κ3) is 2.07. The molecule has 3 heteroatoms. The summed E-state index contributed by atoms with van der Waals surface area (Å²) in [6, 6.07) is 4.05. The zero-order chi connectivity index (χ0) is 13.6. The van der Waals surface area contributed by atoms with Gasteiger partial charge in [0.1, 0.15) is 5.75 Å². The van der Waals surface area contributed by atoms with Gasteiger partial charge in [0.05, 0.1) is 23.3 Å². The molecular weight excluding hydrogens is 236 g/mol. The topological polar surface area (TPSA) is 35.0 Å². The van der Waals surface area contributed by atoms with Crippen molar-refractivity contribution >= 4 is 11.0 Å². The largest absolute Gasteiger partial charge is 0.493 e. The van der Waals surface area contributed by atoms with Crippen LogP contribution in [0.3, 0.4) is 0 Å². The Morgan fingerprint density at radius 3 is 2.79 bits per heavy atom. The predicted octanol–water partition coefficient (Wildman–Crippen LogP) is 3.85. The Kier molecular flexibility index (Phi) is 2.73. The molecule has 0 saturated carbocycles. The molecule has 0 N–H and O–H groups in total. The maximum atomic E-state index is 5.83. The summed E-state index contributed by atoms with van der Waals surface area (Å²) in [5.74, 6) is 1.45. The van der Waals surface area contributed by atoms with Gasteiger partial charge in [-0.2, -0.15) is 0 Å². The van der Waals surface area contributed by atoms with Crippen molar-refractivity contribution in [1.82, 2.24) is 9.97 Å². The van der Waals surface area contributed by atoms with Crippen LogP contribution in [-0.4, -0.2) is 16.6 Å². The van der Waals surface area contributed by atoms with E-state index >= 15 is 0 Å². The Balaban J connectivity index is 2.30. The zero-order valence-electron chi connectivity index (χ0n) is 12.0. The highest BCUT2D eigenvalue weighted by Gasteiger charge is 2.33. The normalized spacial score (nSPS) is 19.1. The molecule has 0 spiro atoms. The number of hydrogen-bond donors (Lipinski definition) is 0. The van der Waals surface area contributed by atoms with Gasteiger partial charge in [0.15, 0.2) is 0 Å². The maximum absolute atomic E-state index is 5.83. The third-order valence-electron chi connectivity index (χ3n) is 3.89. The van der Waals surface area contributed by atoms with Crippen LogP contribution in [0.4, 0.5) is 0 Å². The summed E-state index contributed by atoms with van der Waals surface area (Å²) in [5.41, 5.74) is 4.38. The maximum Gasteiger partial charge on any atom is 0.125 e. The lowest BCUT2D eigenvalue weighted by molar-refractivity contribution is 0.205. The summed E-state index contributed by atoms with van der Waals surface area (Å²) < 4.78 is 5.83. The molecular formula is C16H20N2O. The Morgan fingerprint density at radius 2 is 2.05 bits per heavy atom. The van der Waals surface area contributed by atoms with E-state index in [1.54, 1.807) is 0 Å². The van der Waals surface area contributed by atoms with E-state index in [-0.39, 0.29) is 5.41 Å². The van der Waals surface area contributed by atoms with Gasteiger partial charge in [-0.25, -0.2) is 4.98 Å². The van der Waals surface area contributed by atoms with Crippen molar-refractivity contribution < 1.29 is 4.74 Å². The molecule has 0 amide bonds. The van der Waals surface area contributed by atoms with Crippen LogP contribution in [0.2, 0.25) is 0 Å². The lowest BCUT2D eigenvalue weighted by atomic mass is 9.73. The van der Waals surface area contributed by atoms with Crippen molar-refractivity contribution in [2.45, 2.75) is 40.0 Å². The summed E-state index contributed by atoms with van der Waals surface area (Å²) >= 11 is 0. The summed E-state index contributed by atoms with van der Waals surface area (Å²) in [5, 5.41) is 0. The average Bonchev–Trinajstić information content (AvgIpc) is 2.36. The second kappa shape index (κ2) is 4.19. The van der Waals surface area contributed by atoms with E-state index in [4.69, 9.17) is 9.72 Å². The lowest BCUT2D eigenvalue weighted by Gasteiger charge is -2.36. The van der Waals surface area contributed by atoms with Crippen molar-refractivity contribution in [3.63, 3.8) is 0 Å². The van der Waals surface area contributed by atoms with Crippen molar-refractivity contribution in [2.75, 3.05) is 6.61 Å². The van der Waals surface area contributed by atoms with E-state index in [1.165, 1.54) is 5.56 Å². The van der Waals surface area contributed by atoms with Gasteiger partial charge in [-0.3, -0.25) is 4.98 Å². The summed E-state index contributed by atoms with van der Waals surface area (Å²) in [6.45, 7) is 9.64. The van der Waals surface area contributed by atoms with Gasteiger partial charge in [-0.1, -0.05) is 20.8 Å². The molecule has 1 aliphatic rings. The third-order valence-corrected chi connectivity index (χ3v) is 3.89. The molecule has 19 heavy (non-hydrogen) atoms. The molecule has 0 radical (unpaired) electrons. The first-order valence-corrected chi connectivity index (χ1v) is 6.86. The van der Waals surface area contributed by atoms with Gasteiger partial charge in [-0.05, 0) is 36.8 Å². The van der Waals surface area contributed by atoms with E-state index in [0.717, 1.165) is 35.5 Å². The fraction of sp³-hybridized carbons (Fsp3) is 0.500. The lowest BCUT2D eigenvalue weighted by Crippen LogP contribution is -2.25. The van der Waals surface area contributed by atoms with Gasteiger partial charge in [0, 0.05) is 11.8 Å². The zero-order valence-corrected chi connectivity index (χ0v) is 12.0. The van der Waals surface area contributed by atoms with Gasteiger partial charge >= 0.3 is 0 Å². The van der Waals surface area contributed by atoms with Crippen LogP contribution >= 0.6 is 0 Å². The molecule has 100 valence electrons. The standard InChI is InChI=1S/C16H20N2O/c1-10-9-17-12-5-6-13-14(15(12)18-10)11(7-8-19-13)16(2,3)4/h5-6,9,11H,7-8H2,1-4H3. The minimum absolute atomic E-state index is 0.207. The van der Waals surface area contributed by atoms with Crippen LogP contribution in [0.1, 0.15) is 44.4 Å². The van der Waals surface area contributed by atoms with Crippen molar-refractivity contribution in [3.05, 3.63) is 29.6 Å². The molecule has 3 nitrogen and oxygen atoms in total. The molecule has 2 heterocycles. The first kappa shape index (κ1) is 12.4. The Hall–Kier alpha value is -1.64. The summed E-state index contributed by atoms with van der Waals surface area (Å²) in [6.07, 6.45) is 2.87. The molecule has 0 fully saturated rings. The van der Waals surface area contributed by atoms with Gasteiger partial charge in [0.2, 0.25) is 0 Å². The first-order chi connectivity index (χ1) is 8.97. The highest BCUT2D eigenvalue weighted by atomic mass is 16.5. The monoisotopic (exact) mass is 256 g/mol. The van der Waals surface area contributed by atoms with Crippen LogP contribution < -0.4 is 4.74 Å². The van der Waals surface area contributed by atoms with E-state index < -0.39 is 0 Å². The molecule has 0 aliphatic carbocycles. The van der Waals surface area contributed by atoms with Crippen molar-refractivity contribution in [2.24, 2.45) is 5.41 Å². The van der Waals surface area contributed by atoms with Gasteiger partial charge in [-0.15, -0.1) is 0 Å². The Bertz CT molecular complexity index is 628. The van der Waals surface area contributed by atoms with Crippen LogP contribution in [0.15, 0.2) is 18.3 Å². The number of hydrogen-bond acceptors (Lipinski definition) is 3. The summed E-state index contributed by atoms with van der Waals surface area (Å²) in [4.78, 5) is 9.20. The molecule has 0 saturated heterocycles. The second-order valence-electron chi connectivity index (χ2n) is 6.41. The molecule has 1 aliphatic heterocycles. The van der Waals surface area contributed by atoms with E-state index in [9.17, 15) is 0 Å². The smallest absolute Gasteiger partial charge is 0.125 e. The van der Waals surface area contributed by atoms with E-state index in [2.05, 4.69) is 25.8 Å². The van der Waals surface area contributed by atoms with E-state index in [1.807, 2.05) is 25.3 Å². The SMILES string of the molecule is Cc1cnc2ccc3c(c2n1)C(C(C)(C)C)CCO3. The molecule has 3 rings (SSSR count). The van der Waals surface area contributed by atoms with Crippen LogP contribution in [-0.2, 0) is 0 Å². The number of aryl methyl sites for hydroxylation is 1. The molecule has 1 atom stereocenters. The molecule has 0 bridgehead atoms. The Labute approximate surface area is 114 Å². The van der Waals surface area contributed by atoms with Crippen LogP contribution in [0, 0.1) is 12.3 Å². The average molecular weight is 256 g/mol. The number of aromatic nitrogens is 2. The number of ether oxygens (including phenoxy) is 1. The second-order valence-corrected chi connectivity index (χ2v) is 6.41. The fourth-order valence-electron chi connectivity index (χ4n) is 2.93. The van der Waals surface area contributed by atoms with Gasteiger partial charge in [0.25, 0.3) is 0 Å². The van der Waals surface area contributed by atoms with Crippen molar-refractivity contribution in [3.8, 4) is 5.75 Å². The quantitative estimate of drug-likeness (QED) is 0.718. The fourth-order valence-corrected chi connectivity index (χ4v) is 2.93. The minimum atomic E-state index is 0.207. The first-order valence-electron chi connectivity index (χ1n) is 6.86. The molecule has 1 aromatic carbocycles. The highest BCUT2D eigenvalue weighted by Crippen LogP contribution is 2.46. The molecule has 1 unspecified atom stereocenters. The van der Waals surface area contributed by atoms with E-state index in [0.29, 0.717) is 5.92 Å². The van der Waals surface area contributed by atoms with Crippen LogP contribution in [0.25, 0.3) is 11.0 Å². The highest BCUT2D eigenvalue weighted by molar-refractivity contribution is 5.81. The molecule has 1 aromatic heterocycles. The minimum Gasteiger partial charge on any atom is -0.493 e. The summed E-state index contributed by atoms with van der Waals surface area (Å²) in [7, 11) is 0. The van der Waals surface area contributed by atoms with Crippen LogP contribution in [0.5, 0.6) is 5.75 Å². The van der Waals surface area contributed by atoms with Crippen molar-refractivity contribution in [1.29, 1.82) is 0 Å². The number of nitrogens with zero attached hydrogens (tertiary/aromatic N) is 2. The Morgan fingerprint density at radius 1 is 1.26 bits per heavy atom. The number of benzene rings is 1. The number of rotatable bonds is 0.